The maximum absolute atomic E-state index is 13.2. The van der Waals surface area contributed by atoms with E-state index < -0.39 is 10.0 Å². The fourth-order valence-corrected chi connectivity index (χ4v) is 4.74. The molecule has 1 amide bonds. The molecular weight excluding hydrogens is 362 g/mol. The van der Waals surface area contributed by atoms with E-state index in [9.17, 15) is 13.2 Å². The number of anilines is 1. The Kier molecular flexibility index (Phi) is 5.82. The lowest BCUT2D eigenvalue weighted by atomic mass is 10.0. The van der Waals surface area contributed by atoms with Gasteiger partial charge in [-0.2, -0.15) is 0 Å². The molecule has 1 fully saturated rings. The number of likely N-dealkylation sites (tertiary alicyclic amines) is 1. The summed E-state index contributed by atoms with van der Waals surface area (Å²) in [5, 5.41) is 3.20. The summed E-state index contributed by atoms with van der Waals surface area (Å²) < 4.78 is 27.6. The van der Waals surface area contributed by atoms with Gasteiger partial charge < -0.3 is 10.2 Å². The van der Waals surface area contributed by atoms with E-state index in [-0.39, 0.29) is 22.4 Å². The van der Waals surface area contributed by atoms with Crippen LogP contribution in [0.2, 0.25) is 0 Å². The number of carbonyl (C=O) groups excluding carboxylic acids is 1. The van der Waals surface area contributed by atoms with Crippen molar-refractivity contribution in [3.05, 3.63) is 60.2 Å². The second-order valence-electron chi connectivity index (χ2n) is 6.68. The second-order valence-corrected chi connectivity index (χ2v) is 8.62. The zero-order valence-corrected chi connectivity index (χ0v) is 16.4. The van der Waals surface area contributed by atoms with Gasteiger partial charge in [-0.25, -0.2) is 8.42 Å². The van der Waals surface area contributed by atoms with Crippen LogP contribution in [0.4, 0.5) is 5.69 Å². The van der Waals surface area contributed by atoms with E-state index in [1.54, 1.807) is 47.4 Å². The predicted octanol–water partition coefficient (Wildman–Crippen LogP) is 2.34. The van der Waals surface area contributed by atoms with Gasteiger partial charge in [0, 0.05) is 26.2 Å². The molecule has 1 heterocycles. The van der Waals surface area contributed by atoms with E-state index in [1.165, 1.54) is 17.4 Å². The normalized spacial score (nSPS) is 17.6. The third kappa shape index (κ3) is 3.99. The Morgan fingerprint density at radius 3 is 2.48 bits per heavy atom. The molecule has 1 atom stereocenters. The van der Waals surface area contributed by atoms with Crippen molar-refractivity contribution in [2.24, 2.45) is 0 Å². The number of likely N-dealkylation sites (N-methyl/N-ethyl adjacent to an activating group) is 1. The number of amides is 1. The quantitative estimate of drug-likeness (QED) is 0.855. The SMILES string of the molecule is CNC1CCCN(C(=O)c2ccccc2S(=O)(=O)N(C)c2ccccc2)C1. The number of para-hydroxylation sites is 1. The van der Waals surface area contributed by atoms with Crippen LogP contribution in [0.15, 0.2) is 59.5 Å². The number of piperidine rings is 1. The van der Waals surface area contributed by atoms with Crippen LogP contribution < -0.4 is 9.62 Å². The van der Waals surface area contributed by atoms with E-state index in [0.717, 1.165) is 12.8 Å². The molecule has 0 bridgehead atoms. The standard InChI is InChI=1S/C20H25N3O3S/c1-21-16-9-8-14-23(15-16)20(24)18-12-6-7-13-19(18)27(25,26)22(2)17-10-4-3-5-11-17/h3-7,10-13,16,21H,8-9,14-15H2,1-2H3. The summed E-state index contributed by atoms with van der Waals surface area (Å²) in [6, 6.07) is 15.5. The number of nitrogens with zero attached hydrogens (tertiary/aromatic N) is 2. The molecule has 1 aliphatic rings. The zero-order valence-electron chi connectivity index (χ0n) is 15.6. The van der Waals surface area contributed by atoms with Gasteiger partial charge in [0.2, 0.25) is 0 Å². The molecule has 3 rings (SSSR count). The van der Waals surface area contributed by atoms with E-state index >= 15 is 0 Å². The van der Waals surface area contributed by atoms with Gasteiger partial charge in [-0.1, -0.05) is 30.3 Å². The molecule has 2 aromatic rings. The number of benzene rings is 2. The smallest absolute Gasteiger partial charge is 0.264 e. The Hall–Kier alpha value is -2.38. The van der Waals surface area contributed by atoms with Crippen molar-refractivity contribution in [2.75, 3.05) is 31.5 Å². The molecular formula is C20H25N3O3S. The lowest BCUT2D eigenvalue weighted by Gasteiger charge is -2.33. The van der Waals surface area contributed by atoms with Gasteiger partial charge in [0.05, 0.1) is 11.3 Å². The van der Waals surface area contributed by atoms with Crippen LogP contribution in [-0.2, 0) is 10.0 Å². The molecule has 144 valence electrons. The van der Waals surface area contributed by atoms with Crippen molar-refractivity contribution < 1.29 is 13.2 Å². The van der Waals surface area contributed by atoms with Crippen molar-refractivity contribution in [3.63, 3.8) is 0 Å². The number of carbonyl (C=O) groups is 1. The Bertz CT molecular complexity index is 900. The molecule has 6 nitrogen and oxygen atoms in total. The predicted molar refractivity (Wildman–Crippen MR) is 106 cm³/mol. The summed E-state index contributed by atoms with van der Waals surface area (Å²) in [7, 11) is -0.471. The first-order chi connectivity index (χ1) is 12.9. The number of hydrogen-bond acceptors (Lipinski definition) is 4. The van der Waals surface area contributed by atoms with Gasteiger partial charge in [0.25, 0.3) is 15.9 Å². The van der Waals surface area contributed by atoms with Gasteiger partial charge in [-0.05, 0) is 44.2 Å². The molecule has 0 saturated carbocycles. The minimum Gasteiger partial charge on any atom is -0.337 e. The largest absolute Gasteiger partial charge is 0.337 e. The molecule has 0 aromatic heterocycles. The first-order valence-electron chi connectivity index (χ1n) is 9.04. The van der Waals surface area contributed by atoms with E-state index in [1.807, 2.05) is 13.1 Å². The monoisotopic (exact) mass is 387 g/mol. The van der Waals surface area contributed by atoms with Gasteiger partial charge in [0.1, 0.15) is 4.90 Å². The molecule has 2 aromatic carbocycles. The topological polar surface area (TPSA) is 69.7 Å². The molecule has 0 radical (unpaired) electrons. The maximum atomic E-state index is 13.2. The first kappa shape index (κ1) is 19.4. The molecule has 7 heteroatoms. The average Bonchev–Trinajstić information content (AvgIpc) is 2.73. The summed E-state index contributed by atoms with van der Waals surface area (Å²) in [6.45, 7) is 1.22. The third-order valence-electron chi connectivity index (χ3n) is 4.99. The highest BCUT2D eigenvalue weighted by molar-refractivity contribution is 7.92. The van der Waals surface area contributed by atoms with Gasteiger partial charge >= 0.3 is 0 Å². The van der Waals surface area contributed by atoms with Crippen LogP contribution in [0.3, 0.4) is 0 Å². The van der Waals surface area contributed by atoms with Crippen molar-refractivity contribution in [1.82, 2.24) is 10.2 Å². The van der Waals surface area contributed by atoms with Crippen LogP contribution >= 0.6 is 0 Å². The van der Waals surface area contributed by atoms with Crippen LogP contribution in [0, 0.1) is 0 Å². The highest BCUT2D eigenvalue weighted by Crippen LogP contribution is 2.26. The Labute approximate surface area is 160 Å². The molecule has 27 heavy (non-hydrogen) atoms. The summed E-state index contributed by atoms with van der Waals surface area (Å²) in [4.78, 5) is 14.9. The Balaban J connectivity index is 1.95. The van der Waals surface area contributed by atoms with Crippen LogP contribution in [0.25, 0.3) is 0 Å². The molecule has 1 N–H and O–H groups in total. The van der Waals surface area contributed by atoms with Gasteiger partial charge in [-0.3, -0.25) is 9.10 Å². The van der Waals surface area contributed by atoms with Crippen molar-refractivity contribution in [2.45, 2.75) is 23.8 Å². The fourth-order valence-electron chi connectivity index (χ4n) is 3.36. The highest BCUT2D eigenvalue weighted by atomic mass is 32.2. The second kappa shape index (κ2) is 8.10. The minimum atomic E-state index is -3.86. The average molecular weight is 388 g/mol. The number of hydrogen-bond donors (Lipinski definition) is 1. The fraction of sp³-hybridized carbons (Fsp3) is 0.350. The molecule has 1 saturated heterocycles. The summed E-state index contributed by atoms with van der Waals surface area (Å²) in [5.74, 6) is -0.240. The maximum Gasteiger partial charge on any atom is 0.264 e. The van der Waals surface area contributed by atoms with E-state index in [0.29, 0.717) is 18.8 Å². The summed E-state index contributed by atoms with van der Waals surface area (Å²) >= 11 is 0. The first-order valence-corrected chi connectivity index (χ1v) is 10.5. The molecule has 0 spiro atoms. The number of nitrogens with one attached hydrogen (secondary N) is 1. The third-order valence-corrected chi connectivity index (χ3v) is 6.84. The van der Waals surface area contributed by atoms with Crippen LogP contribution in [0.5, 0.6) is 0 Å². The molecule has 0 aliphatic carbocycles. The zero-order chi connectivity index (χ0) is 19.4. The van der Waals surface area contributed by atoms with Crippen molar-refractivity contribution >= 4 is 21.6 Å². The van der Waals surface area contributed by atoms with Crippen molar-refractivity contribution in [1.29, 1.82) is 0 Å². The highest BCUT2D eigenvalue weighted by Gasteiger charge is 2.30. The van der Waals surface area contributed by atoms with Crippen LogP contribution in [-0.4, -0.2) is 52.5 Å². The van der Waals surface area contributed by atoms with Crippen LogP contribution in [0.1, 0.15) is 23.2 Å². The Morgan fingerprint density at radius 1 is 1.11 bits per heavy atom. The minimum absolute atomic E-state index is 0.0351. The van der Waals surface area contributed by atoms with Gasteiger partial charge in [0.15, 0.2) is 0 Å². The van der Waals surface area contributed by atoms with Crippen molar-refractivity contribution in [3.8, 4) is 0 Å². The number of sulfonamides is 1. The lowest BCUT2D eigenvalue weighted by Crippen LogP contribution is -2.47. The lowest BCUT2D eigenvalue weighted by molar-refractivity contribution is 0.0694. The van der Waals surface area contributed by atoms with Gasteiger partial charge in [-0.15, -0.1) is 0 Å². The molecule has 1 unspecified atom stereocenters. The summed E-state index contributed by atoms with van der Waals surface area (Å²) in [6.07, 6.45) is 1.91. The van der Waals surface area contributed by atoms with E-state index in [2.05, 4.69) is 5.32 Å². The number of rotatable bonds is 5. The van der Waals surface area contributed by atoms with E-state index in [4.69, 9.17) is 0 Å². The molecule has 1 aliphatic heterocycles. The Morgan fingerprint density at radius 2 is 1.78 bits per heavy atom. The summed E-state index contributed by atoms with van der Waals surface area (Å²) in [5.41, 5.74) is 0.769.